The van der Waals surface area contributed by atoms with Gasteiger partial charge in [0.15, 0.2) is 0 Å². The maximum atomic E-state index is 10.4. The lowest BCUT2D eigenvalue weighted by Gasteiger charge is -2.06. The zero-order chi connectivity index (χ0) is 9.26. The van der Waals surface area contributed by atoms with Crippen LogP contribution in [0.3, 0.4) is 0 Å². The van der Waals surface area contributed by atoms with Gasteiger partial charge in [0, 0.05) is 6.42 Å². The van der Waals surface area contributed by atoms with E-state index >= 15 is 0 Å². The summed E-state index contributed by atoms with van der Waals surface area (Å²) in [5, 5.41) is 9.24. The second kappa shape index (κ2) is 3.21. The van der Waals surface area contributed by atoms with E-state index in [4.69, 9.17) is 0 Å². The average Bonchev–Trinajstić information content (AvgIpc) is 2.49. The predicted octanol–water partition coefficient (Wildman–Crippen LogP) is 2.01. The molecule has 0 fully saturated rings. The summed E-state index contributed by atoms with van der Waals surface area (Å²) in [5.41, 5.74) is 2.44. The van der Waals surface area contributed by atoms with E-state index in [1.54, 1.807) is 12.1 Å². The molecular weight excluding hydrogens is 164 g/mol. The first-order valence-electron chi connectivity index (χ1n) is 4.56. The standard InChI is InChI=1S/C11H12O2/c12-6-5-8-1-2-9-7-10(13)3-4-11(8)9/h3-4,6-8,13H,1-2,5H2. The second-order valence-electron chi connectivity index (χ2n) is 3.52. The number of aromatic hydroxyl groups is 1. The second-order valence-corrected chi connectivity index (χ2v) is 3.52. The Labute approximate surface area is 77.2 Å². The third kappa shape index (κ3) is 1.44. The van der Waals surface area contributed by atoms with E-state index in [2.05, 4.69) is 0 Å². The molecule has 0 amide bonds. The Kier molecular flexibility index (Phi) is 2.05. The van der Waals surface area contributed by atoms with Gasteiger partial charge in [0.25, 0.3) is 0 Å². The number of carbonyl (C=O) groups excluding carboxylic acids is 1. The van der Waals surface area contributed by atoms with Crippen LogP contribution in [-0.4, -0.2) is 11.4 Å². The first kappa shape index (κ1) is 8.30. The van der Waals surface area contributed by atoms with Gasteiger partial charge >= 0.3 is 0 Å². The summed E-state index contributed by atoms with van der Waals surface area (Å²) in [5.74, 6) is 0.707. The minimum atomic E-state index is 0.325. The number of phenols is 1. The highest BCUT2D eigenvalue weighted by Gasteiger charge is 2.21. The normalized spacial score (nSPS) is 19.8. The number of hydrogen-bond acceptors (Lipinski definition) is 2. The molecule has 0 heterocycles. The quantitative estimate of drug-likeness (QED) is 0.700. The van der Waals surface area contributed by atoms with Crippen LogP contribution >= 0.6 is 0 Å². The van der Waals surface area contributed by atoms with Gasteiger partial charge in [-0.3, -0.25) is 0 Å². The van der Waals surface area contributed by atoms with Crippen molar-refractivity contribution in [3.8, 4) is 5.75 Å². The Morgan fingerprint density at radius 1 is 1.54 bits per heavy atom. The Balaban J connectivity index is 2.32. The minimum Gasteiger partial charge on any atom is -0.508 e. The van der Waals surface area contributed by atoms with Gasteiger partial charge in [-0.25, -0.2) is 0 Å². The van der Waals surface area contributed by atoms with Gasteiger partial charge in [-0.05, 0) is 42.0 Å². The summed E-state index contributed by atoms with van der Waals surface area (Å²) in [7, 11) is 0. The van der Waals surface area contributed by atoms with Gasteiger partial charge < -0.3 is 9.90 Å². The summed E-state index contributed by atoms with van der Waals surface area (Å²) < 4.78 is 0. The maximum Gasteiger partial charge on any atom is 0.120 e. The molecule has 1 N–H and O–H groups in total. The molecule has 0 aliphatic heterocycles. The Morgan fingerprint density at radius 3 is 3.15 bits per heavy atom. The van der Waals surface area contributed by atoms with E-state index < -0.39 is 0 Å². The molecule has 2 heteroatoms. The maximum absolute atomic E-state index is 10.4. The van der Waals surface area contributed by atoms with Crippen LogP contribution in [0.1, 0.15) is 29.9 Å². The lowest BCUT2D eigenvalue weighted by atomic mass is 9.99. The van der Waals surface area contributed by atoms with Crippen LogP contribution in [-0.2, 0) is 11.2 Å². The predicted molar refractivity (Wildman–Crippen MR) is 49.8 cm³/mol. The fourth-order valence-electron chi connectivity index (χ4n) is 2.05. The summed E-state index contributed by atoms with van der Waals surface area (Å²) in [4.78, 5) is 10.4. The van der Waals surface area contributed by atoms with Crippen LogP contribution in [0.25, 0.3) is 0 Å². The molecule has 0 radical (unpaired) electrons. The highest BCUT2D eigenvalue weighted by molar-refractivity contribution is 5.53. The largest absolute Gasteiger partial charge is 0.508 e. The molecule has 1 aromatic rings. The van der Waals surface area contributed by atoms with Crippen molar-refractivity contribution in [3.63, 3.8) is 0 Å². The topological polar surface area (TPSA) is 37.3 Å². The molecule has 1 unspecified atom stereocenters. The number of phenolic OH excluding ortho intramolecular Hbond substituents is 1. The number of hydrogen-bond donors (Lipinski definition) is 1. The van der Waals surface area contributed by atoms with Gasteiger partial charge in [0.2, 0.25) is 0 Å². The minimum absolute atomic E-state index is 0.325. The van der Waals surface area contributed by atoms with E-state index in [9.17, 15) is 9.90 Å². The van der Waals surface area contributed by atoms with Crippen molar-refractivity contribution in [2.24, 2.45) is 0 Å². The molecule has 13 heavy (non-hydrogen) atoms. The molecule has 0 saturated carbocycles. The Morgan fingerprint density at radius 2 is 2.38 bits per heavy atom. The average molecular weight is 176 g/mol. The number of carbonyl (C=O) groups is 1. The zero-order valence-corrected chi connectivity index (χ0v) is 7.36. The number of fused-ring (bicyclic) bond motifs is 1. The number of benzene rings is 1. The smallest absolute Gasteiger partial charge is 0.120 e. The van der Waals surface area contributed by atoms with Crippen molar-refractivity contribution >= 4 is 6.29 Å². The summed E-state index contributed by atoms with van der Waals surface area (Å²) in [6, 6.07) is 5.44. The molecule has 2 rings (SSSR count). The molecule has 68 valence electrons. The monoisotopic (exact) mass is 176 g/mol. The third-order valence-corrected chi connectivity index (χ3v) is 2.71. The molecule has 0 bridgehead atoms. The highest BCUT2D eigenvalue weighted by Crippen LogP contribution is 2.36. The van der Waals surface area contributed by atoms with Crippen molar-refractivity contribution < 1.29 is 9.90 Å². The summed E-state index contributed by atoms with van der Waals surface area (Å²) >= 11 is 0. The van der Waals surface area contributed by atoms with Gasteiger partial charge in [-0.1, -0.05) is 6.07 Å². The molecule has 0 saturated heterocycles. The van der Waals surface area contributed by atoms with Gasteiger partial charge in [-0.15, -0.1) is 0 Å². The first-order chi connectivity index (χ1) is 6.31. The molecule has 0 aromatic heterocycles. The number of aldehydes is 1. The third-order valence-electron chi connectivity index (χ3n) is 2.71. The van der Waals surface area contributed by atoms with Gasteiger partial charge in [0.05, 0.1) is 0 Å². The van der Waals surface area contributed by atoms with E-state index in [-0.39, 0.29) is 0 Å². The van der Waals surface area contributed by atoms with E-state index in [0.29, 0.717) is 18.1 Å². The van der Waals surface area contributed by atoms with E-state index in [0.717, 1.165) is 19.1 Å². The van der Waals surface area contributed by atoms with Crippen molar-refractivity contribution in [2.75, 3.05) is 0 Å². The van der Waals surface area contributed by atoms with Crippen molar-refractivity contribution in [1.82, 2.24) is 0 Å². The van der Waals surface area contributed by atoms with Crippen LogP contribution in [0, 0.1) is 0 Å². The Hall–Kier alpha value is -1.31. The van der Waals surface area contributed by atoms with Crippen molar-refractivity contribution in [3.05, 3.63) is 29.3 Å². The zero-order valence-electron chi connectivity index (χ0n) is 7.36. The van der Waals surface area contributed by atoms with Crippen LogP contribution in [0.15, 0.2) is 18.2 Å². The van der Waals surface area contributed by atoms with Gasteiger partial charge in [-0.2, -0.15) is 0 Å². The molecular formula is C11H12O2. The van der Waals surface area contributed by atoms with Gasteiger partial charge in [0.1, 0.15) is 12.0 Å². The SMILES string of the molecule is O=CCC1CCc2cc(O)ccc21. The van der Waals surface area contributed by atoms with E-state index in [1.807, 2.05) is 6.07 Å². The fraction of sp³-hybridized carbons (Fsp3) is 0.364. The number of aryl methyl sites for hydroxylation is 1. The van der Waals surface area contributed by atoms with Crippen LogP contribution < -0.4 is 0 Å². The van der Waals surface area contributed by atoms with Crippen LogP contribution in [0.5, 0.6) is 5.75 Å². The Bertz CT molecular complexity index is 331. The molecule has 1 aliphatic carbocycles. The molecule has 0 spiro atoms. The van der Waals surface area contributed by atoms with E-state index in [1.165, 1.54) is 11.1 Å². The van der Waals surface area contributed by atoms with Crippen LogP contribution in [0.2, 0.25) is 0 Å². The first-order valence-corrected chi connectivity index (χ1v) is 4.56. The van der Waals surface area contributed by atoms with Crippen molar-refractivity contribution in [2.45, 2.75) is 25.2 Å². The highest BCUT2D eigenvalue weighted by atomic mass is 16.3. The summed E-state index contributed by atoms with van der Waals surface area (Å²) in [6.45, 7) is 0. The van der Waals surface area contributed by atoms with Crippen LogP contribution in [0.4, 0.5) is 0 Å². The molecule has 1 aromatic carbocycles. The van der Waals surface area contributed by atoms with Crippen molar-refractivity contribution in [1.29, 1.82) is 0 Å². The summed E-state index contributed by atoms with van der Waals surface area (Å²) in [6.07, 6.45) is 3.62. The fourth-order valence-corrected chi connectivity index (χ4v) is 2.05. The lowest BCUT2D eigenvalue weighted by molar-refractivity contribution is -0.108. The number of rotatable bonds is 2. The molecule has 1 aliphatic rings. The lowest BCUT2D eigenvalue weighted by Crippen LogP contribution is -1.93. The molecule has 1 atom stereocenters. The molecule has 2 nitrogen and oxygen atoms in total.